The van der Waals surface area contributed by atoms with Crippen LogP contribution in [0, 0.1) is 0 Å². The molecule has 3 heterocycles. The second-order valence-corrected chi connectivity index (χ2v) is 7.88. The number of carbonyl (C=O) groups excluding carboxylic acids is 2. The van der Waals surface area contributed by atoms with E-state index in [1.54, 1.807) is 11.3 Å². The number of aromatic nitrogens is 2. The fourth-order valence-corrected chi connectivity index (χ4v) is 4.12. The third-order valence-corrected chi connectivity index (χ3v) is 5.90. The molecule has 1 aliphatic heterocycles. The molecule has 0 aliphatic carbocycles. The summed E-state index contributed by atoms with van der Waals surface area (Å²) in [5.41, 5.74) is 0.934. The third-order valence-electron chi connectivity index (χ3n) is 5.22. The molecule has 1 aliphatic rings. The van der Waals surface area contributed by atoms with E-state index in [0.29, 0.717) is 37.6 Å². The highest BCUT2D eigenvalue weighted by molar-refractivity contribution is 7.08. The summed E-state index contributed by atoms with van der Waals surface area (Å²) in [7, 11) is 0. The van der Waals surface area contributed by atoms with Crippen molar-refractivity contribution in [1.82, 2.24) is 24.8 Å². The summed E-state index contributed by atoms with van der Waals surface area (Å²) in [6.45, 7) is 8.82. The molecule has 1 saturated heterocycles. The summed E-state index contributed by atoms with van der Waals surface area (Å²) < 4.78 is 5.28. The summed E-state index contributed by atoms with van der Waals surface area (Å²) in [6.07, 6.45) is 1.67. The summed E-state index contributed by atoms with van der Waals surface area (Å²) in [5.74, 6) is 1.31. The maximum absolute atomic E-state index is 12.6. The number of amides is 2. The van der Waals surface area contributed by atoms with Gasteiger partial charge in [0.1, 0.15) is 0 Å². The Morgan fingerprint density at radius 3 is 2.76 bits per heavy atom. The Balaban J connectivity index is 1.45. The zero-order valence-electron chi connectivity index (χ0n) is 17.2. The van der Waals surface area contributed by atoms with E-state index >= 15 is 0 Å². The molecule has 2 aromatic rings. The summed E-state index contributed by atoms with van der Waals surface area (Å²) >= 11 is 1.58. The van der Waals surface area contributed by atoms with Crippen LogP contribution in [-0.2, 0) is 16.0 Å². The number of carbonyl (C=O) groups is 2. The van der Waals surface area contributed by atoms with Crippen LogP contribution in [0.15, 0.2) is 21.3 Å². The van der Waals surface area contributed by atoms with Crippen LogP contribution in [-0.4, -0.2) is 82.5 Å². The zero-order chi connectivity index (χ0) is 20.6. The largest absolute Gasteiger partial charge is 0.342 e. The van der Waals surface area contributed by atoms with E-state index in [1.807, 2.05) is 40.5 Å². The molecule has 9 heteroatoms. The number of hydrogen-bond acceptors (Lipinski definition) is 7. The van der Waals surface area contributed by atoms with E-state index in [-0.39, 0.29) is 11.8 Å². The predicted molar refractivity (Wildman–Crippen MR) is 111 cm³/mol. The van der Waals surface area contributed by atoms with Gasteiger partial charge in [-0.3, -0.25) is 14.5 Å². The molecule has 2 aromatic heterocycles. The minimum absolute atomic E-state index is 0.0946. The van der Waals surface area contributed by atoms with Crippen LogP contribution >= 0.6 is 11.3 Å². The molecular formula is C20H29N5O3S. The Morgan fingerprint density at radius 1 is 1.21 bits per heavy atom. The fourth-order valence-electron chi connectivity index (χ4n) is 3.48. The second kappa shape index (κ2) is 10.5. The van der Waals surface area contributed by atoms with Gasteiger partial charge in [0, 0.05) is 63.1 Å². The highest BCUT2D eigenvalue weighted by Gasteiger charge is 2.22. The van der Waals surface area contributed by atoms with Gasteiger partial charge in [-0.2, -0.15) is 16.3 Å². The molecule has 0 radical (unpaired) electrons. The van der Waals surface area contributed by atoms with Gasteiger partial charge in [0.05, 0.1) is 6.54 Å². The van der Waals surface area contributed by atoms with Gasteiger partial charge >= 0.3 is 0 Å². The van der Waals surface area contributed by atoms with Crippen LogP contribution in [0.1, 0.15) is 32.6 Å². The minimum atomic E-state index is 0.0946. The fraction of sp³-hybridized carbons (Fsp3) is 0.600. The van der Waals surface area contributed by atoms with Crippen molar-refractivity contribution in [2.24, 2.45) is 0 Å². The van der Waals surface area contributed by atoms with Crippen LogP contribution in [0.3, 0.4) is 0 Å². The molecule has 0 aromatic carbocycles. The molecule has 3 rings (SSSR count). The Kier molecular flexibility index (Phi) is 7.76. The van der Waals surface area contributed by atoms with Gasteiger partial charge in [-0.05, 0) is 31.7 Å². The molecule has 8 nitrogen and oxygen atoms in total. The van der Waals surface area contributed by atoms with Gasteiger partial charge in [0.25, 0.3) is 0 Å². The highest BCUT2D eigenvalue weighted by atomic mass is 32.1. The summed E-state index contributed by atoms with van der Waals surface area (Å²) in [5, 5.41) is 7.91. The van der Waals surface area contributed by atoms with Crippen LogP contribution in [0.4, 0.5) is 0 Å². The number of nitrogens with zero attached hydrogens (tertiary/aromatic N) is 5. The van der Waals surface area contributed by atoms with Gasteiger partial charge in [-0.25, -0.2) is 0 Å². The highest BCUT2D eigenvalue weighted by Crippen LogP contribution is 2.19. The topological polar surface area (TPSA) is 82.8 Å². The maximum atomic E-state index is 12.6. The minimum Gasteiger partial charge on any atom is -0.342 e. The zero-order valence-corrected chi connectivity index (χ0v) is 18.0. The molecule has 0 spiro atoms. The number of thiophene rings is 1. The first-order chi connectivity index (χ1) is 14.1. The van der Waals surface area contributed by atoms with Gasteiger partial charge in [-0.1, -0.05) is 5.16 Å². The van der Waals surface area contributed by atoms with Crippen molar-refractivity contribution in [3.8, 4) is 11.4 Å². The lowest BCUT2D eigenvalue weighted by molar-refractivity contribution is -0.132. The summed E-state index contributed by atoms with van der Waals surface area (Å²) in [4.78, 5) is 35.2. The molecule has 0 unspecified atom stereocenters. The second-order valence-electron chi connectivity index (χ2n) is 7.10. The molecule has 0 bridgehead atoms. The molecule has 0 atom stereocenters. The first-order valence-corrected chi connectivity index (χ1v) is 11.2. The van der Waals surface area contributed by atoms with Gasteiger partial charge < -0.3 is 14.3 Å². The predicted octanol–water partition coefficient (Wildman–Crippen LogP) is 2.13. The van der Waals surface area contributed by atoms with Gasteiger partial charge in [0.2, 0.25) is 23.5 Å². The van der Waals surface area contributed by atoms with E-state index < -0.39 is 0 Å². The number of likely N-dealkylation sites (N-methyl/N-ethyl adjacent to an activating group) is 1. The quantitative estimate of drug-likeness (QED) is 0.652. The van der Waals surface area contributed by atoms with Crippen molar-refractivity contribution in [2.45, 2.75) is 33.1 Å². The van der Waals surface area contributed by atoms with E-state index in [4.69, 9.17) is 4.52 Å². The molecule has 158 valence electrons. The van der Waals surface area contributed by atoms with E-state index in [2.05, 4.69) is 15.0 Å². The smallest absolute Gasteiger partial charge is 0.236 e. The van der Waals surface area contributed by atoms with Gasteiger partial charge in [0.15, 0.2) is 0 Å². The summed E-state index contributed by atoms with van der Waals surface area (Å²) in [6, 6.07) is 1.94. The SMILES string of the molecule is CCN(CC)C(=O)CN1CCCN(C(=O)CCc2nc(-c3ccsc3)no2)CC1. The standard InChI is InChI=1S/C20H29N5O3S/c1-3-24(4-2)19(27)14-23-9-5-10-25(12-11-23)18(26)7-6-17-21-20(22-28-17)16-8-13-29-15-16/h8,13,15H,3-7,9-12,14H2,1-2H3. The molecule has 1 fully saturated rings. The van der Waals surface area contributed by atoms with Crippen molar-refractivity contribution < 1.29 is 14.1 Å². The lowest BCUT2D eigenvalue weighted by Gasteiger charge is -2.25. The van der Waals surface area contributed by atoms with Crippen molar-refractivity contribution in [3.05, 3.63) is 22.7 Å². The van der Waals surface area contributed by atoms with Crippen LogP contribution < -0.4 is 0 Å². The average Bonchev–Trinajstić information content (AvgIpc) is 3.36. The van der Waals surface area contributed by atoms with E-state index in [0.717, 1.165) is 44.7 Å². The normalized spacial score (nSPS) is 15.3. The first-order valence-electron chi connectivity index (χ1n) is 10.2. The van der Waals surface area contributed by atoms with Crippen LogP contribution in [0.5, 0.6) is 0 Å². The molecular weight excluding hydrogens is 390 g/mol. The van der Waals surface area contributed by atoms with Crippen LogP contribution in [0.2, 0.25) is 0 Å². The Morgan fingerprint density at radius 2 is 2.03 bits per heavy atom. The lowest BCUT2D eigenvalue weighted by atomic mass is 10.2. The number of hydrogen-bond donors (Lipinski definition) is 0. The number of rotatable bonds is 8. The molecule has 29 heavy (non-hydrogen) atoms. The number of aryl methyl sites for hydroxylation is 1. The Bertz CT molecular complexity index is 788. The van der Waals surface area contributed by atoms with Crippen LogP contribution in [0.25, 0.3) is 11.4 Å². The maximum Gasteiger partial charge on any atom is 0.236 e. The molecule has 0 N–H and O–H groups in total. The van der Waals surface area contributed by atoms with Crippen molar-refractivity contribution in [1.29, 1.82) is 0 Å². The van der Waals surface area contributed by atoms with Crippen molar-refractivity contribution in [2.75, 3.05) is 45.8 Å². The van der Waals surface area contributed by atoms with Crippen molar-refractivity contribution >= 4 is 23.2 Å². The molecule has 0 saturated carbocycles. The third kappa shape index (κ3) is 5.86. The Hall–Kier alpha value is -2.26. The van der Waals surface area contributed by atoms with Gasteiger partial charge in [-0.15, -0.1) is 0 Å². The van der Waals surface area contributed by atoms with Crippen molar-refractivity contribution in [3.63, 3.8) is 0 Å². The molecule has 2 amide bonds. The first kappa shape index (κ1) is 21.4. The van der Waals surface area contributed by atoms with E-state index in [9.17, 15) is 9.59 Å². The van der Waals surface area contributed by atoms with E-state index in [1.165, 1.54) is 0 Å². The average molecular weight is 420 g/mol. The Labute approximate surface area is 175 Å². The lowest BCUT2D eigenvalue weighted by Crippen LogP contribution is -2.42. The monoisotopic (exact) mass is 419 g/mol.